The first-order valence-electron chi connectivity index (χ1n) is 5.95. The quantitative estimate of drug-likeness (QED) is 0.287. The Bertz CT molecular complexity index is 276. The van der Waals surface area contributed by atoms with E-state index in [1.807, 2.05) is 0 Å². The molecule has 0 saturated heterocycles. The van der Waals surface area contributed by atoms with Crippen LogP contribution < -0.4 is 0 Å². The molecule has 0 unspecified atom stereocenters. The third kappa shape index (κ3) is 6.68. The van der Waals surface area contributed by atoms with Crippen molar-refractivity contribution in [3.8, 4) is 0 Å². The molecule has 0 fully saturated rings. The van der Waals surface area contributed by atoms with Crippen molar-refractivity contribution in [2.45, 2.75) is 54.4 Å². The predicted molar refractivity (Wildman–Crippen MR) is 69.8 cm³/mol. The number of hydrogen-bond acceptors (Lipinski definition) is 1. The van der Waals surface area contributed by atoms with E-state index in [4.69, 9.17) is 5.90 Å². The van der Waals surface area contributed by atoms with Crippen LogP contribution in [0.2, 0.25) is 0 Å². The van der Waals surface area contributed by atoms with E-state index in [-0.39, 0.29) is 31.3 Å². The van der Waals surface area contributed by atoms with E-state index in [2.05, 4.69) is 52.5 Å². The van der Waals surface area contributed by atoms with E-state index in [0.717, 1.165) is 12.8 Å². The molecular formula is C14H25HfNO+2. The molecule has 0 saturated carbocycles. The number of hydrogen-bond donors (Lipinski definition) is 0. The standard InChI is InChI=1S/C10H15.C4H10NO.Hf/c1-7-6-10(4,5)9(3)8(7)2;1-2-3-4-6-5;/h1-5H3;5H,2-4H2,1H3;/q2*-1;+4. The Balaban J connectivity index is 0. The fourth-order valence-electron chi connectivity index (χ4n) is 1.62. The SMILES string of the molecule is CC1=[C-]C(C)(C)C(C)=C1C.CCCCO[NH-].[Hf+4]. The summed E-state index contributed by atoms with van der Waals surface area (Å²) in [4.78, 5) is 4.03. The molecule has 17 heavy (non-hydrogen) atoms. The molecule has 1 aliphatic carbocycles. The molecule has 94 valence electrons. The third-order valence-electron chi connectivity index (χ3n) is 3.16. The Kier molecular flexibility index (Phi) is 10.6. The first kappa shape index (κ1) is 19.6. The monoisotopic (exact) mass is 403 g/mol. The molecule has 0 amide bonds. The van der Waals surface area contributed by atoms with Gasteiger partial charge in [0.25, 0.3) is 0 Å². The molecule has 0 aromatic heterocycles. The van der Waals surface area contributed by atoms with Crippen LogP contribution in [0, 0.1) is 11.5 Å². The van der Waals surface area contributed by atoms with Gasteiger partial charge in [-0.1, -0.05) is 46.5 Å². The zero-order valence-corrected chi connectivity index (χ0v) is 15.6. The Morgan fingerprint density at radius 2 is 1.76 bits per heavy atom. The summed E-state index contributed by atoms with van der Waals surface area (Å²) < 4.78 is 0. The molecule has 0 spiro atoms. The molecular weight excluding hydrogens is 377 g/mol. The van der Waals surface area contributed by atoms with E-state index in [9.17, 15) is 0 Å². The van der Waals surface area contributed by atoms with Crippen molar-refractivity contribution < 1.29 is 30.7 Å². The maximum atomic E-state index is 6.21. The van der Waals surface area contributed by atoms with Gasteiger partial charge in [-0.05, 0) is 6.42 Å². The van der Waals surface area contributed by atoms with Crippen molar-refractivity contribution in [2.24, 2.45) is 5.41 Å². The van der Waals surface area contributed by atoms with Gasteiger partial charge < -0.3 is 10.7 Å². The summed E-state index contributed by atoms with van der Waals surface area (Å²) in [7, 11) is 0. The Hall–Kier alpha value is 0.270. The van der Waals surface area contributed by atoms with Crippen LogP contribution in [-0.4, -0.2) is 6.61 Å². The van der Waals surface area contributed by atoms with Crippen molar-refractivity contribution >= 4 is 0 Å². The minimum atomic E-state index is 0. The zero-order chi connectivity index (χ0) is 12.8. The van der Waals surface area contributed by atoms with Crippen LogP contribution in [0.3, 0.4) is 0 Å². The fraction of sp³-hybridized carbons (Fsp3) is 0.714. The second-order valence-electron chi connectivity index (χ2n) is 4.83. The average molecular weight is 402 g/mol. The number of unbranched alkanes of at least 4 members (excludes halogenated alkanes) is 1. The summed E-state index contributed by atoms with van der Waals surface area (Å²) in [6.07, 6.45) is 5.55. The molecule has 2 nitrogen and oxygen atoms in total. The van der Waals surface area contributed by atoms with E-state index in [1.54, 1.807) is 0 Å². The minimum absolute atomic E-state index is 0. The van der Waals surface area contributed by atoms with E-state index < -0.39 is 0 Å². The van der Waals surface area contributed by atoms with Crippen LogP contribution in [0.1, 0.15) is 54.4 Å². The summed E-state index contributed by atoms with van der Waals surface area (Å²) in [6, 6.07) is 0. The maximum absolute atomic E-state index is 6.21. The second-order valence-corrected chi connectivity index (χ2v) is 4.83. The third-order valence-corrected chi connectivity index (χ3v) is 3.16. The molecule has 1 N–H and O–H groups in total. The van der Waals surface area contributed by atoms with Crippen LogP contribution in [0.15, 0.2) is 16.7 Å². The van der Waals surface area contributed by atoms with Gasteiger partial charge in [-0.25, -0.2) is 5.57 Å². The minimum Gasteiger partial charge on any atom is -0.549 e. The molecule has 0 radical (unpaired) electrons. The summed E-state index contributed by atoms with van der Waals surface area (Å²) in [6.45, 7) is 13.6. The molecule has 1 rings (SSSR count). The van der Waals surface area contributed by atoms with Gasteiger partial charge in [-0.3, -0.25) is 6.08 Å². The van der Waals surface area contributed by atoms with Crippen molar-refractivity contribution in [1.82, 2.24) is 0 Å². The van der Waals surface area contributed by atoms with E-state index in [1.165, 1.54) is 16.7 Å². The topological polar surface area (TPSA) is 33.0 Å². The molecule has 3 heteroatoms. The average Bonchev–Trinajstić information content (AvgIpc) is 2.40. The zero-order valence-electron chi connectivity index (χ0n) is 12.0. The van der Waals surface area contributed by atoms with Crippen LogP contribution in [0.5, 0.6) is 0 Å². The number of nitrogens with one attached hydrogen (secondary N) is 1. The first-order valence-corrected chi connectivity index (χ1v) is 5.95. The Labute approximate surface area is 125 Å². The van der Waals surface area contributed by atoms with Gasteiger partial charge in [0.2, 0.25) is 0 Å². The van der Waals surface area contributed by atoms with Gasteiger partial charge >= 0.3 is 25.8 Å². The van der Waals surface area contributed by atoms with Gasteiger partial charge in [0, 0.05) is 6.61 Å². The molecule has 0 atom stereocenters. The van der Waals surface area contributed by atoms with Gasteiger partial charge in [-0.15, -0.1) is 6.92 Å². The van der Waals surface area contributed by atoms with Crippen LogP contribution in [0.4, 0.5) is 0 Å². The van der Waals surface area contributed by atoms with Crippen LogP contribution >= 0.6 is 0 Å². The summed E-state index contributed by atoms with van der Waals surface area (Å²) >= 11 is 0. The molecule has 1 aliphatic rings. The molecule has 0 aromatic carbocycles. The first-order chi connectivity index (χ1) is 7.36. The van der Waals surface area contributed by atoms with Crippen molar-refractivity contribution in [3.63, 3.8) is 0 Å². The number of allylic oxidation sites excluding steroid dienone is 4. The normalized spacial score (nSPS) is 17.0. The van der Waals surface area contributed by atoms with Crippen LogP contribution in [0.25, 0.3) is 5.90 Å². The van der Waals surface area contributed by atoms with Gasteiger partial charge in [0.1, 0.15) is 0 Å². The predicted octanol–water partition coefficient (Wildman–Crippen LogP) is 4.88. The smallest absolute Gasteiger partial charge is 0.549 e. The van der Waals surface area contributed by atoms with E-state index in [0.29, 0.717) is 6.61 Å². The maximum Gasteiger partial charge on any atom is 4.00 e. The second kappa shape index (κ2) is 9.23. The van der Waals surface area contributed by atoms with Gasteiger partial charge in [0.05, 0.1) is 0 Å². The van der Waals surface area contributed by atoms with Gasteiger partial charge in [0.15, 0.2) is 0 Å². The summed E-state index contributed by atoms with van der Waals surface area (Å²) in [5.74, 6) is 6.21. The number of rotatable bonds is 3. The molecule has 0 bridgehead atoms. The van der Waals surface area contributed by atoms with Gasteiger partial charge in [-0.2, -0.15) is 11.1 Å². The van der Waals surface area contributed by atoms with Crippen molar-refractivity contribution in [1.29, 1.82) is 0 Å². The molecule has 0 heterocycles. The van der Waals surface area contributed by atoms with E-state index >= 15 is 0 Å². The molecule has 0 aromatic rings. The fourth-order valence-corrected chi connectivity index (χ4v) is 1.62. The van der Waals surface area contributed by atoms with Crippen molar-refractivity contribution in [3.05, 3.63) is 28.7 Å². The Morgan fingerprint density at radius 3 is 1.88 bits per heavy atom. The van der Waals surface area contributed by atoms with Crippen LogP contribution in [-0.2, 0) is 30.7 Å². The largest absolute Gasteiger partial charge is 4.00 e. The molecule has 0 aliphatic heterocycles. The Morgan fingerprint density at radius 1 is 1.24 bits per heavy atom. The van der Waals surface area contributed by atoms with Crippen molar-refractivity contribution in [2.75, 3.05) is 6.61 Å². The summed E-state index contributed by atoms with van der Waals surface area (Å²) in [5, 5.41) is 0. The summed E-state index contributed by atoms with van der Waals surface area (Å²) in [5.41, 5.74) is 4.39.